The number of rotatable bonds is 1. The SMILES string of the molecule is CN1/C(=C/C=C2C(=O)NC(=S)NC2=O)C(C)(C)c2ccccc21. The van der Waals surface area contributed by atoms with Gasteiger partial charge < -0.3 is 4.90 Å². The number of carbonyl (C=O) groups is 2. The molecule has 0 unspecified atom stereocenters. The number of hydrogen-bond acceptors (Lipinski definition) is 4. The Kier molecular flexibility index (Phi) is 3.56. The average Bonchev–Trinajstić information content (AvgIpc) is 2.67. The molecule has 1 fully saturated rings. The number of carbonyl (C=O) groups excluding carboxylic acids is 2. The van der Waals surface area contributed by atoms with E-state index in [-0.39, 0.29) is 16.1 Å². The van der Waals surface area contributed by atoms with Crippen LogP contribution in [0.15, 0.2) is 47.7 Å². The summed E-state index contributed by atoms with van der Waals surface area (Å²) in [5.74, 6) is -0.960. The highest BCUT2D eigenvalue weighted by Gasteiger charge is 2.38. The molecule has 0 saturated carbocycles. The number of amides is 2. The van der Waals surface area contributed by atoms with Crippen LogP contribution in [-0.2, 0) is 15.0 Å². The minimum Gasteiger partial charge on any atom is -0.347 e. The van der Waals surface area contributed by atoms with Gasteiger partial charge in [-0.2, -0.15) is 0 Å². The van der Waals surface area contributed by atoms with Crippen molar-refractivity contribution in [3.8, 4) is 0 Å². The van der Waals surface area contributed by atoms with E-state index >= 15 is 0 Å². The van der Waals surface area contributed by atoms with Gasteiger partial charge in [0.1, 0.15) is 5.57 Å². The van der Waals surface area contributed by atoms with E-state index in [1.54, 1.807) is 6.08 Å². The van der Waals surface area contributed by atoms with Gasteiger partial charge in [-0.25, -0.2) is 0 Å². The lowest BCUT2D eigenvalue weighted by Crippen LogP contribution is -2.51. The van der Waals surface area contributed by atoms with Crippen molar-refractivity contribution in [3.63, 3.8) is 0 Å². The zero-order chi connectivity index (χ0) is 16.8. The second kappa shape index (κ2) is 5.31. The first kappa shape index (κ1) is 15.4. The van der Waals surface area contributed by atoms with Crippen LogP contribution in [0.1, 0.15) is 19.4 Å². The molecule has 0 atom stereocenters. The Morgan fingerprint density at radius 2 is 1.70 bits per heavy atom. The first-order chi connectivity index (χ1) is 10.8. The van der Waals surface area contributed by atoms with Crippen LogP contribution >= 0.6 is 12.2 Å². The molecule has 0 aliphatic carbocycles. The second-order valence-corrected chi connectivity index (χ2v) is 6.48. The minimum absolute atomic E-state index is 0.0375. The van der Waals surface area contributed by atoms with Crippen LogP contribution < -0.4 is 15.5 Å². The number of hydrogen-bond donors (Lipinski definition) is 2. The maximum absolute atomic E-state index is 11.9. The van der Waals surface area contributed by atoms with Gasteiger partial charge in [0.15, 0.2) is 5.11 Å². The van der Waals surface area contributed by atoms with E-state index in [2.05, 4.69) is 41.5 Å². The van der Waals surface area contributed by atoms with Crippen molar-refractivity contribution in [2.24, 2.45) is 0 Å². The van der Waals surface area contributed by atoms with Crippen LogP contribution in [0.3, 0.4) is 0 Å². The number of allylic oxidation sites excluding steroid dienone is 3. The molecule has 118 valence electrons. The largest absolute Gasteiger partial charge is 0.347 e. The van der Waals surface area contributed by atoms with Gasteiger partial charge in [0, 0.05) is 23.8 Å². The van der Waals surface area contributed by atoms with Crippen molar-refractivity contribution >= 4 is 34.8 Å². The van der Waals surface area contributed by atoms with E-state index in [1.807, 2.05) is 25.3 Å². The van der Waals surface area contributed by atoms with Crippen LogP contribution in [0.25, 0.3) is 0 Å². The molecule has 5 nitrogen and oxygen atoms in total. The number of para-hydroxylation sites is 1. The fraction of sp³-hybridized carbons (Fsp3) is 0.235. The third-order valence-electron chi connectivity index (χ3n) is 4.29. The minimum atomic E-state index is -0.480. The van der Waals surface area contributed by atoms with Crippen molar-refractivity contribution in [3.05, 3.63) is 53.3 Å². The number of anilines is 1. The van der Waals surface area contributed by atoms with E-state index < -0.39 is 11.8 Å². The summed E-state index contributed by atoms with van der Waals surface area (Å²) in [4.78, 5) is 25.9. The van der Waals surface area contributed by atoms with Crippen molar-refractivity contribution < 1.29 is 9.59 Å². The van der Waals surface area contributed by atoms with E-state index in [0.717, 1.165) is 11.4 Å². The van der Waals surface area contributed by atoms with Crippen LogP contribution in [0.2, 0.25) is 0 Å². The molecule has 2 amide bonds. The molecule has 0 aromatic heterocycles. The molecule has 23 heavy (non-hydrogen) atoms. The summed E-state index contributed by atoms with van der Waals surface area (Å²) >= 11 is 4.79. The average molecular weight is 327 g/mol. The van der Waals surface area contributed by atoms with Crippen LogP contribution in [0, 0.1) is 0 Å². The highest BCUT2D eigenvalue weighted by atomic mass is 32.1. The molecule has 2 N–H and O–H groups in total. The highest BCUT2D eigenvalue weighted by Crippen LogP contribution is 2.46. The topological polar surface area (TPSA) is 61.4 Å². The summed E-state index contributed by atoms with van der Waals surface area (Å²) in [6.45, 7) is 4.24. The molecule has 3 rings (SSSR count). The maximum atomic E-state index is 11.9. The highest BCUT2D eigenvalue weighted by molar-refractivity contribution is 7.80. The lowest BCUT2D eigenvalue weighted by Gasteiger charge is -2.24. The molecule has 0 spiro atoms. The summed E-state index contributed by atoms with van der Waals surface area (Å²) in [6, 6.07) is 8.16. The Morgan fingerprint density at radius 1 is 1.09 bits per heavy atom. The molecule has 1 aromatic rings. The predicted molar refractivity (Wildman–Crippen MR) is 92.9 cm³/mol. The van der Waals surface area contributed by atoms with Crippen molar-refractivity contribution in [2.75, 3.05) is 11.9 Å². The Morgan fingerprint density at radius 3 is 2.30 bits per heavy atom. The van der Waals surface area contributed by atoms with Crippen LogP contribution in [0.4, 0.5) is 5.69 Å². The normalized spacial score (nSPS) is 21.2. The van der Waals surface area contributed by atoms with E-state index in [1.165, 1.54) is 5.56 Å². The van der Waals surface area contributed by atoms with Gasteiger partial charge in [0.25, 0.3) is 11.8 Å². The molecule has 0 radical (unpaired) electrons. The monoisotopic (exact) mass is 327 g/mol. The lowest BCUT2D eigenvalue weighted by molar-refractivity contribution is -0.123. The Bertz CT molecular complexity index is 771. The first-order valence-electron chi connectivity index (χ1n) is 7.24. The number of fused-ring (bicyclic) bond motifs is 1. The third kappa shape index (κ3) is 2.45. The zero-order valence-electron chi connectivity index (χ0n) is 13.1. The number of likely N-dealkylation sites (N-methyl/N-ethyl adjacent to an activating group) is 1. The predicted octanol–water partition coefficient (Wildman–Crippen LogP) is 1.76. The smallest absolute Gasteiger partial charge is 0.263 e. The molecule has 2 aliphatic heterocycles. The van der Waals surface area contributed by atoms with Crippen LogP contribution in [0.5, 0.6) is 0 Å². The summed E-state index contributed by atoms with van der Waals surface area (Å²) in [5, 5.41) is 4.90. The quantitative estimate of drug-likeness (QED) is 0.469. The number of nitrogens with one attached hydrogen (secondary N) is 2. The molecule has 1 aromatic carbocycles. The molecule has 0 bridgehead atoms. The van der Waals surface area contributed by atoms with Crippen molar-refractivity contribution in [1.29, 1.82) is 0 Å². The fourth-order valence-electron chi connectivity index (χ4n) is 3.09. The molecule has 6 heteroatoms. The van der Waals surface area contributed by atoms with Gasteiger partial charge in [-0.3, -0.25) is 20.2 Å². The number of nitrogens with zero attached hydrogens (tertiary/aromatic N) is 1. The van der Waals surface area contributed by atoms with E-state index in [9.17, 15) is 9.59 Å². The van der Waals surface area contributed by atoms with Gasteiger partial charge in [-0.1, -0.05) is 32.0 Å². The fourth-order valence-corrected chi connectivity index (χ4v) is 3.28. The van der Waals surface area contributed by atoms with Crippen molar-refractivity contribution in [2.45, 2.75) is 19.3 Å². The van der Waals surface area contributed by atoms with Gasteiger partial charge in [0.05, 0.1) is 0 Å². The first-order valence-corrected chi connectivity index (χ1v) is 7.65. The molecular formula is C17H17N3O2S. The van der Waals surface area contributed by atoms with Gasteiger partial charge in [0.2, 0.25) is 0 Å². The number of benzene rings is 1. The van der Waals surface area contributed by atoms with E-state index in [4.69, 9.17) is 12.2 Å². The molecule has 2 aliphatic rings. The zero-order valence-corrected chi connectivity index (χ0v) is 14.0. The van der Waals surface area contributed by atoms with Gasteiger partial charge in [-0.15, -0.1) is 0 Å². The standard InChI is InChI=1S/C17H17N3O2S/c1-17(2)11-6-4-5-7-12(11)20(3)13(17)9-8-10-14(21)18-16(23)19-15(10)22/h4-9H,1-3H3,(H2,18,19,21,22,23)/b13-9+. The Labute approximate surface area is 140 Å². The molecular weight excluding hydrogens is 310 g/mol. The summed E-state index contributed by atoms with van der Waals surface area (Å²) in [5.41, 5.74) is 3.19. The van der Waals surface area contributed by atoms with Gasteiger partial charge >= 0.3 is 0 Å². The molecule has 1 saturated heterocycles. The lowest BCUT2D eigenvalue weighted by atomic mass is 9.83. The second-order valence-electron chi connectivity index (χ2n) is 6.07. The summed E-state index contributed by atoms with van der Waals surface area (Å²) in [6.07, 6.45) is 3.37. The summed E-state index contributed by atoms with van der Waals surface area (Å²) in [7, 11) is 1.98. The summed E-state index contributed by atoms with van der Waals surface area (Å²) < 4.78 is 0. The maximum Gasteiger partial charge on any atom is 0.263 e. The third-order valence-corrected chi connectivity index (χ3v) is 4.50. The number of thiocarbonyl (C=S) groups is 1. The molecule has 2 heterocycles. The van der Waals surface area contributed by atoms with Crippen LogP contribution in [-0.4, -0.2) is 24.0 Å². The van der Waals surface area contributed by atoms with Crippen molar-refractivity contribution in [1.82, 2.24) is 10.6 Å². The Hall–Kier alpha value is -2.47. The van der Waals surface area contributed by atoms with E-state index in [0.29, 0.717) is 0 Å². The van der Waals surface area contributed by atoms with Gasteiger partial charge in [-0.05, 0) is 36.0 Å². The Balaban J connectivity index is 2.01.